The van der Waals surface area contributed by atoms with Crippen molar-refractivity contribution in [1.82, 2.24) is 0 Å². The Morgan fingerprint density at radius 1 is 0.500 bits per heavy atom. The second kappa shape index (κ2) is 19.0. The maximum Gasteiger partial charge on any atom is -0.0414 e. The lowest BCUT2D eigenvalue weighted by molar-refractivity contribution is 0.406. The molecule has 0 amide bonds. The molecule has 0 rings (SSSR count). The van der Waals surface area contributed by atoms with Gasteiger partial charge in [-0.05, 0) is 5.92 Å². The van der Waals surface area contributed by atoms with E-state index in [1.54, 1.807) is 0 Å². The van der Waals surface area contributed by atoms with Gasteiger partial charge in [-0.15, -0.1) is 0 Å². The van der Waals surface area contributed by atoms with Crippen LogP contribution in [0.1, 0.15) is 129 Å². The average molecular weight is 310 g/mol. The minimum atomic E-state index is 0.912. The van der Waals surface area contributed by atoms with E-state index in [1.807, 2.05) is 0 Å². The van der Waals surface area contributed by atoms with Crippen LogP contribution in [0.15, 0.2) is 0 Å². The van der Waals surface area contributed by atoms with Gasteiger partial charge in [-0.3, -0.25) is 0 Å². The van der Waals surface area contributed by atoms with Gasteiger partial charge >= 0.3 is 0 Å². The van der Waals surface area contributed by atoms with Gasteiger partial charge in [0, 0.05) is 0 Å². The summed E-state index contributed by atoms with van der Waals surface area (Å²) in [5, 5.41) is 0. The molecule has 0 saturated heterocycles. The maximum absolute atomic E-state index is 4.15. The van der Waals surface area contributed by atoms with Crippen molar-refractivity contribution in [3.05, 3.63) is 6.92 Å². The first-order chi connectivity index (χ1) is 10.8. The third-order valence-corrected chi connectivity index (χ3v) is 5.09. The highest BCUT2D eigenvalue weighted by Crippen LogP contribution is 2.21. The Morgan fingerprint density at radius 2 is 0.818 bits per heavy atom. The van der Waals surface area contributed by atoms with E-state index in [4.69, 9.17) is 0 Å². The third-order valence-electron chi connectivity index (χ3n) is 5.09. The molecule has 0 aliphatic rings. The second-order valence-electron chi connectivity index (χ2n) is 7.33. The minimum absolute atomic E-state index is 0.912. The van der Waals surface area contributed by atoms with E-state index in [0.717, 1.165) is 12.3 Å². The summed E-state index contributed by atoms with van der Waals surface area (Å²) in [6.07, 6.45) is 25.7. The summed E-state index contributed by atoms with van der Waals surface area (Å²) in [5.41, 5.74) is 0. The molecule has 1 radical (unpaired) electrons. The first-order valence-corrected chi connectivity index (χ1v) is 10.6. The van der Waals surface area contributed by atoms with Crippen LogP contribution in [0.2, 0.25) is 0 Å². The Bertz CT molecular complexity index is 184. The average Bonchev–Trinajstić information content (AvgIpc) is 2.54. The molecule has 0 bridgehead atoms. The zero-order valence-electron chi connectivity index (χ0n) is 16.0. The zero-order valence-corrected chi connectivity index (χ0v) is 16.0. The first kappa shape index (κ1) is 22.0. The monoisotopic (exact) mass is 309 g/mol. The van der Waals surface area contributed by atoms with Gasteiger partial charge in [-0.2, -0.15) is 0 Å². The number of hydrogen-bond donors (Lipinski definition) is 0. The summed E-state index contributed by atoms with van der Waals surface area (Å²) in [6, 6.07) is 0. The molecule has 133 valence electrons. The topological polar surface area (TPSA) is 0 Å². The fraction of sp³-hybridized carbons (Fsp3) is 0.955. The molecule has 0 aromatic rings. The normalized spacial score (nSPS) is 12.7. The molecule has 0 heterocycles. The van der Waals surface area contributed by atoms with E-state index in [2.05, 4.69) is 20.8 Å². The van der Waals surface area contributed by atoms with Gasteiger partial charge in [-0.1, -0.05) is 136 Å². The first-order valence-electron chi connectivity index (χ1n) is 10.6. The molecule has 1 atom stereocenters. The lowest BCUT2D eigenvalue weighted by Gasteiger charge is -2.14. The summed E-state index contributed by atoms with van der Waals surface area (Å²) in [6.45, 7) is 8.75. The van der Waals surface area contributed by atoms with E-state index in [9.17, 15) is 0 Å². The highest BCUT2D eigenvalue weighted by Gasteiger charge is 2.05. The number of hydrogen-bond acceptors (Lipinski definition) is 0. The number of unbranched alkanes of at least 4 members (excludes halogenated alkanes) is 13. The largest absolute Gasteiger partial charge is 0.0654 e. The Labute approximate surface area is 142 Å². The molecule has 0 nitrogen and oxygen atoms in total. The van der Waals surface area contributed by atoms with Crippen molar-refractivity contribution in [2.75, 3.05) is 0 Å². The van der Waals surface area contributed by atoms with Crippen LogP contribution >= 0.6 is 0 Å². The summed E-state index contributed by atoms with van der Waals surface area (Å²) in [7, 11) is 0. The van der Waals surface area contributed by atoms with E-state index in [-0.39, 0.29) is 0 Å². The lowest BCUT2D eigenvalue weighted by atomic mass is 9.92. The summed E-state index contributed by atoms with van der Waals surface area (Å²) >= 11 is 0. The second-order valence-corrected chi connectivity index (χ2v) is 7.33. The minimum Gasteiger partial charge on any atom is -0.0654 e. The molecular weight excluding hydrogens is 264 g/mol. The molecule has 0 fully saturated rings. The molecular formula is C22H45. The van der Waals surface area contributed by atoms with E-state index < -0.39 is 0 Å². The predicted molar refractivity (Wildman–Crippen MR) is 103 cm³/mol. The smallest absolute Gasteiger partial charge is 0.0414 e. The van der Waals surface area contributed by atoms with Crippen LogP contribution < -0.4 is 0 Å². The fourth-order valence-electron chi connectivity index (χ4n) is 3.39. The standard InChI is InChI=1S/C22H45/c1-4-7-9-11-12-13-14-15-16-17-19-21-22(6-3)20-18-10-8-5-2/h22H,3-21H2,1-2H3. The highest BCUT2D eigenvalue weighted by molar-refractivity contribution is 4.62. The van der Waals surface area contributed by atoms with Crippen molar-refractivity contribution >= 4 is 0 Å². The fourth-order valence-corrected chi connectivity index (χ4v) is 3.39. The van der Waals surface area contributed by atoms with E-state index in [0.29, 0.717) is 0 Å². The van der Waals surface area contributed by atoms with Crippen LogP contribution in [0, 0.1) is 12.8 Å². The van der Waals surface area contributed by atoms with Gasteiger partial charge in [0.1, 0.15) is 0 Å². The molecule has 0 aliphatic heterocycles. The Morgan fingerprint density at radius 3 is 1.18 bits per heavy atom. The van der Waals surface area contributed by atoms with Crippen molar-refractivity contribution < 1.29 is 0 Å². The van der Waals surface area contributed by atoms with Crippen LogP contribution in [0.4, 0.5) is 0 Å². The molecule has 1 unspecified atom stereocenters. The van der Waals surface area contributed by atoms with Crippen LogP contribution in [-0.4, -0.2) is 0 Å². The Kier molecular flexibility index (Phi) is 19.0. The zero-order chi connectivity index (χ0) is 16.3. The molecule has 0 saturated carbocycles. The summed E-state index contributed by atoms with van der Waals surface area (Å²) in [4.78, 5) is 0. The van der Waals surface area contributed by atoms with Crippen LogP contribution in [0.25, 0.3) is 0 Å². The molecule has 0 heteroatoms. The van der Waals surface area contributed by atoms with Crippen molar-refractivity contribution in [3.8, 4) is 0 Å². The van der Waals surface area contributed by atoms with Crippen molar-refractivity contribution in [2.45, 2.75) is 129 Å². The number of rotatable bonds is 18. The van der Waals surface area contributed by atoms with Gasteiger partial charge < -0.3 is 0 Å². The molecule has 0 aromatic carbocycles. The van der Waals surface area contributed by atoms with Crippen molar-refractivity contribution in [2.24, 2.45) is 5.92 Å². The van der Waals surface area contributed by atoms with Gasteiger partial charge in [0.05, 0.1) is 0 Å². The van der Waals surface area contributed by atoms with E-state index in [1.165, 1.54) is 109 Å². The van der Waals surface area contributed by atoms with Gasteiger partial charge in [0.2, 0.25) is 0 Å². The van der Waals surface area contributed by atoms with Crippen LogP contribution in [-0.2, 0) is 0 Å². The maximum atomic E-state index is 4.15. The van der Waals surface area contributed by atoms with Gasteiger partial charge in [0.15, 0.2) is 0 Å². The Hall–Kier alpha value is 0. The lowest BCUT2D eigenvalue weighted by Crippen LogP contribution is -1.99. The van der Waals surface area contributed by atoms with Crippen molar-refractivity contribution in [3.63, 3.8) is 0 Å². The molecule has 0 N–H and O–H groups in total. The van der Waals surface area contributed by atoms with Crippen LogP contribution in [0.3, 0.4) is 0 Å². The third kappa shape index (κ3) is 16.4. The molecule has 0 spiro atoms. The van der Waals surface area contributed by atoms with Gasteiger partial charge in [-0.25, -0.2) is 0 Å². The quantitative estimate of drug-likeness (QED) is 0.223. The molecule has 22 heavy (non-hydrogen) atoms. The SMILES string of the molecule is [CH2]CC(CCCCCC)CCCCCCCCCCCCC. The Balaban J connectivity index is 3.22. The predicted octanol–water partition coefficient (Wildman–Crippen LogP) is 8.50. The van der Waals surface area contributed by atoms with Crippen molar-refractivity contribution in [1.29, 1.82) is 0 Å². The molecule has 0 aromatic heterocycles. The van der Waals surface area contributed by atoms with E-state index >= 15 is 0 Å². The highest BCUT2D eigenvalue weighted by atomic mass is 14.1. The van der Waals surface area contributed by atoms with Crippen LogP contribution in [0.5, 0.6) is 0 Å². The van der Waals surface area contributed by atoms with Gasteiger partial charge in [0.25, 0.3) is 0 Å². The summed E-state index contributed by atoms with van der Waals surface area (Å²) < 4.78 is 0. The summed E-state index contributed by atoms with van der Waals surface area (Å²) in [5.74, 6) is 0.912. The molecule has 0 aliphatic carbocycles.